The number of aryl methyl sites for hydroxylation is 1. The fraction of sp³-hybridized carbons (Fsp3) is 0.333. The zero-order valence-corrected chi connectivity index (χ0v) is 12.0. The number of rotatable bonds is 3. The van der Waals surface area contributed by atoms with E-state index in [-0.39, 0.29) is 0 Å². The van der Waals surface area contributed by atoms with E-state index >= 15 is 0 Å². The fourth-order valence-corrected chi connectivity index (χ4v) is 2.68. The van der Waals surface area contributed by atoms with E-state index in [0.29, 0.717) is 6.10 Å². The maximum absolute atomic E-state index is 6.07. The van der Waals surface area contributed by atoms with Gasteiger partial charge >= 0.3 is 0 Å². The van der Waals surface area contributed by atoms with Gasteiger partial charge in [0.2, 0.25) is 0 Å². The Labute approximate surface area is 121 Å². The summed E-state index contributed by atoms with van der Waals surface area (Å²) < 4.78 is 6.07. The first-order valence-corrected chi connectivity index (χ1v) is 7.34. The Morgan fingerprint density at radius 3 is 2.20 bits per heavy atom. The van der Waals surface area contributed by atoms with Crippen molar-refractivity contribution in [3.05, 3.63) is 60.2 Å². The maximum Gasteiger partial charge on any atom is 0.119 e. The number of hydrogen-bond acceptors (Lipinski definition) is 2. The van der Waals surface area contributed by atoms with Crippen LogP contribution in [0.15, 0.2) is 54.6 Å². The molecule has 1 aliphatic rings. The minimum absolute atomic E-state index is 0.345. The summed E-state index contributed by atoms with van der Waals surface area (Å²) in [5, 5.41) is 0. The van der Waals surface area contributed by atoms with Crippen LogP contribution in [0.1, 0.15) is 18.4 Å². The zero-order chi connectivity index (χ0) is 13.8. The molecule has 0 saturated carbocycles. The van der Waals surface area contributed by atoms with E-state index in [1.54, 1.807) is 0 Å². The van der Waals surface area contributed by atoms with Crippen LogP contribution < -0.4 is 9.64 Å². The van der Waals surface area contributed by atoms with Crippen LogP contribution in [0.25, 0.3) is 0 Å². The molecule has 3 rings (SSSR count). The maximum atomic E-state index is 6.07. The van der Waals surface area contributed by atoms with Crippen LogP contribution in [0.4, 0.5) is 5.69 Å². The molecule has 2 heteroatoms. The second kappa shape index (κ2) is 6.00. The summed E-state index contributed by atoms with van der Waals surface area (Å²) in [5.74, 6) is 0.994. The van der Waals surface area contributed by atoms with Crippen molar-refractivity contribution in [3.63, 3.8) is 0 Å². The van der Waals surface area contributed by atoms with Gasteiger partial charge in [0, 0.05) is 31.6 Å². The van der Waals surface area contributed by atoms with Gasteiger partial charge in [0.05, 0.1) is 0 Å². The van der Waals surface area contributed by atoms with Crippen LogP contribution in [0.3, 0.4) is 0 Å². The zero-order valence-electron chi connectivity index (χ0n) is 12.0. The lowest BCUT2D eigenvalue weighted by molar-refractivity contribution is 0.171. The molecule has 104 valence electrons. The summed E-state index contributed by atoms with van der Waals surface area (Å²) >= 11 is 0. The molecule has 0 bridgehead atoms. The third kappa shape index (κ3) is 3.13. The van der Waals surface area contributed by atoms with Crippen LogP contribution in [-0.4, -0.2) is 19.2 Å². The summed E-state index contributed by atoms with van der Waals surface area (Å²) in [4.78, 5) is 2.44. The molecular formula is C18H21NO. The van der Waals surface area contributed by atoms with Crippen molar-refractivity contribution < 1.29 is 4.74 Å². The Hall–Kier alpha value is -1.96. The molecular weight excluding hydrogens is 246 g/mol. The molecule has 1 saturated heterocycles. The minimum atomic E-state index is 0.345. The van der Waals surface area contributed by atoms with Crippen LogP contribution in [0.5, 0.6) is 5.75 Å². The van der Waals surface area contributed by atoms with Gasteiger partial charge in [-0.25, -0.2) is 0 Å². The van der Waals surface area contributed by atoms with E-state index in [1.165, 1.54) is 11.3 Å². The van der Waals surface area contributed by atoms with Crippen molar-refractivity contribution in [1.82, 2.24) is 0 Å². The second-order valence-corrected chi connectivity index (χ2v) is 5.45. The highest BCUT2D eigenvalue weighted by Gasteiger charge is 2.20. The van der Waals surface area contributed by atoms with Crippen molar-refractivity contribution >= 4 is 5.69 Å². The standard InChI is InChI=1S/C18H21NO/c1-15-7-9-17(10-8-15)20-18-11-13-19(14-12-18)16-5-3-2-4-6-16/h2-10,18H,11-14H2,1H3. The SMILES string of the molecule is Cc1ccc(OC2CCN(c3ccccc3)CC2)cc1. The van der Waals surface area contributed by atoms with Gasteiger partial charge in [0.25, 0.3) is 0 Å². The van der Waals surface area contributed by atoms with Crippen LogP contribution in [0, 0.1) is 6.92 Å². The Bertz CT molecular complexity index is 527. The van der Waals surface area contributed by atoms with E-state index in [2.05, 4.69) is 66.4 Å². The molecule has 0 N–H and O–H groups in total. The van der Waals surface area contributed by atoms with E-state index in [0.717, 1.165) is 31.7 Å². The molecule has 1 heterocycles. The molecule has 1 fully saturated rings. The second-order valence-electron chi connectivity index (χ2n) is 5.45. The molecule has 0 spiro atoms. The Kier molecular flexibility index (Phi) is 3.91. The normalized spacial score (nSPS) is 16.1. The van der Waals surface area contributed by atoms with Gasteiger partial charge in [-0.2, -0.15) is 0 Å². The summed E-state index contributed by atoms with van der Waals surface area (Å²) in [7, 11) is 0. The lowest BCUT2D eigenvalue weighted by Gasteiger charge is -2.33. The Morgan fingerprint density at radius 1 is 0.900 bits per heavy atom. The molecule has 2 aromatic rings. The van der Waals surface area contributed by atoms with E-state index in [9.17, 15) is 0 Å². The summed E-state index contributed by atoms with van der Waals surface area (Å²) in [6.07, 6.45) is 2.52. The predicted octanol–water partition coefficient (Wildman–Crippen LogP) is 4.04. The number of para-hydroxylation sites is 1. The largest absolute Gasteiger partial charge is 0.490 e. The van der Waals surface area contributed by atoms with Gasteiger partial charge in [-0.3, -0.25) is 0 Å². The lowest BCUT2D eigenvalue weighted by Crippen LogP contribution is -2.38. The van der Waals surface area contributed by atoms with Crippen molar-refractivity contribution in [1.29, 1.82) is 0 Å². The van der Waals surface area contributed by atoms with Crippen molar-refractivity contribution in [2.45, 2.75) is 25.9 Å². The van der Waals surface area contributed by atoms with Gasteiger partial charge in [-0.05, 0) is 31.2 Å². The predicted molar refractivity (Wildman–Crippen MR) is 83.5 cm³/mol. The first-order chi connectivity index (χ1) is 9.81. The molecule has 0 unspecified atom stereocenters. The smallest absolute Gasteiger partial charge is 0.119 e. The first kappa shape index (κ1) is 13.0. The molecule has 2 aromatic carbocycles. The quantitative estimate of drug-likeness (QED) is 0.832. The third-order valence-corrected chi connectivity index (χ3v) is 3.89. The molecule has 0 radical (unpaired) electrons. The fourth-order valence-electron chi connectivity index (χ4n) is 2.68. The summed E-state index contributed by atoms with van der Waals surface area (Å²) in [6, 6.07) is 19.0. The van der Waals surface area contributed by atoms with Crippen molar-refractivity contribution in [2.24, 2.45) is 0 Å². The number of benzene rings is 2. The van der Waals surface area contributed by atoms with Gasteiger partial charge < -0.3 is 9.64 Å². The molecule has 0 amide bonds. The number of nitrogens with zero attached hydrogens (tertiary/aromatic N) is 1. The summed E-state index contributed by atoms with van der Waals surface area (Å²) in [6.45, 7) is 4.24. The Morgan fingerprint density at radius 2 is 1.55 bits per heavy atom. The molecule has 0 aromatic heterocycles. The number of piperidine rings is 1. The number of ether oxygens (including phenoxy) is 1. The molecule has 0 aliphatic carbocycles. The highest BCUT2D eigenvalue weighted by molar-refractivity contribution is 5.46. The van der Waals surface area contributed by atoms with Crippen LogP contribution in [0.2, 0.25) is 0 Å². The molecule has 1 aliphatic heterocycles. The molecule has 2 nitrogen and oxygen atoms in total. The minimum Gasteiger partial charge on any atom is -0.490 e. The lowest BCUT2D eigenvalue weighted by atomic mass is 10.1. The van der Waals surface area contributed by atoms with Crippen LogP contribution in [-0.2, 0) is 0 Å². The van der Waals surface area contributed by atoms with Crippen LogP contribution >= 0.6 is 0 Å². The Balaban J connectivity index is 1.55. The molecule has 20 heavy (non-hydrogen) atoms. The molecule has 0 atom stereocenters. The highest BCUT2D eigenvalue weighted by atomic mass is 16.5. The highest BCUT2D eigenvalue weighted by Crippen LogP contribution is 2.23. The van der Waals surface area contributed by atoms with E-state index in [1.807, 2.05) is 0 Å². The average Bonchev–Trinajstić information content (AvgIpc) is 2.51. The first-order valence-electron chi connectivity index (χ1n) is 7.34. The number of anilines is 1. The number of hydrogen-bond donors (Lipinski definition) is 0. The van der Waals surface area contributed by atoms with Gasteiger partial charge in [0.15, 0.2) is 0 Å². The van der Waals surface area contributed by atoms with E-state index < -0.39 is 0 Å². The summed E-state index contributed by atoms with van der Waals surface area (Å²) in [5.41, 5.74) is 2.59. The van der Waals surface area contributed by atoms with Gasteiger partial charge in [-0.15, -0.1) is 0 Å². The van der Waals surface area contributed by atoms with Crippen molar-refractivity contribution in [2.75, 3.05) is 18.0 Å². The van der Waals surface area contributed by atoms with Gasteiger partial charge in [0.1, 0.15) is 11.9 Å². The monoisotopic (exact) mass is 267 g/mol. The van der Waals surface area contributed by atoms with E-state index in [4.69, 9.17) is 4.74 Å². The average molecular weight is 267 g/mol. The van der Waals surface area contributed by atoms with Crippen molar-refractivity contribution in [3.8, 4) is 5.75 Å². The third-order valence-electron chi connectivity index (χ3n) is 3.89. The van der Waals surface area contributed by atoms with Gasteiger partial charge in [-0.1, -0.05) is 35.9 Å². The topological polar surface area (TPSA) is 12.5 Å².